The second-order valence-electron chi connectivity index (χ2n) is 16.8. The molecule has 0 radical (unpaired) electrons. The fourth-order valence-corrected chi connectivity index (χ4v) is 7.56. The summed E-state index contributed by atoms with van der Waals surface area (Å²) < 4.78 is 44.3. The lowest BCUT2D eigenvalue weighted by Gasteiger charge is -2.30. The molecule has 7 N–H and O–H groups in total. The number of rotatable bonds is 21. The quantitative estimate of drug-likeness (QED) is 0.0390. The summed E-state index contributed by atoms with van der Waals surface area (Å²) >= 11 is 0. The predicted molar refractivity (Wildman–Crippen MR) is 245 cm³/mol. The Balaban J connectivity index is 1.41. The first-order chi connectivity index (χ1) is 31.2. The molecule has 0 aliphatic carbocycles. The zero-order valence-corrected chi connectivity index (χ0v) is 39.0. The smallest absolute Gasteiger partial charge is 0.408 e. The molecule has 0 saturated carbocycles. The molecule has 358 valence electrons. The van der Waals surface area contributed by atoms with E-state index in [0.29, 0.717) is 6.42 Å². The lowest BCUT2D eigenvalue weighted by Crippen LogP contribution is -2.58. The number of amides is 5. The summed E-state index contributed by atoms with van der Waals surface area (Å²) in [6, 6.07) is 18.5. The van der Waals surface area contributed by atoms with Crippen molar-refractivity contribution in [3.63, 3.8) is 0 Å². The number of carbonyl (C=O) groups excluding carboxylic acids is 6. The number of ether oxygens (including phenoxy) is 3. The molecule has 5 atom stereocenters. The van der Waals surface area contributed by atoms with Crippen LogP contribution in [0, 0.1) is 6.92 Å². The SMILES string of the molecule is Cc1ccc(S(=O)(=O)NC(N)=NCCC[C@H](NC(=O)[C@@H](C)NC(=O)[C@@H]2CCCN2C(=O)[C@@H](COCc2ccccc2)NC(=O)OC(C)(C)C)C(=O)N[C@H](C)C(=O)OCc2ccccc2)cc1. The van der Waals surface area contributed by atoms with Crippen molar-refractivity contribution in [3.8, 4) is 0 Å². The number of nitrogens with zero attached hydrogens (tertiary/aromatic N) is 2. The third-order valence-electron chi connectivity index (χ3n) is 10.0. The zero-order valence-electron chi connectivity index (χ0n) is 38.2. The van der Waals surface area contributed by atoms with Gasteiger partial charge in [-0.15, -0.1) is 0 Å². The van der Waals surface area contributed by atoms with Crippen molar-refractivity contribution in [1.82, 2.24) is 30.9 Å². The van der Waals surface area contributed by atoms with Crippen LogP contribution in [0.1, 0.15) is 77.0 Å². The van der Waals surface area contributed by atoms with Crippen LogP contribution in [0.15, 0.2) is 94.8 Å². The minimum absolute atomic E-state index is 0.0147. The van der Waals surface area contributed by atoms with Crippen LogP contribution in [0.4, 0.5) is 4.79 Å². The molecule has 1 aliphatic heterocycles. The van der Waals surface area contributed by atoms with E-state index in [1.807, 2.05) is 43.3 Å². The summed E-state index contributed by atoms with van der Waals surface area (Å²) in [5, 5.41) is 10.4. The number of guanidine groups is 1. The molecule has 66 heavy (non-hydrogen) atoms. The maximum atomic E-state index is 14.0. The van der Waals surface area contributed by atoms with Crippen molar-refractivity contribution >= 4 is 51.7 Å². The van der Waals surface area contributed by atoms with E-state index in [2.05, 4.69) is 31.0 Å². The van der Waals surface area contributed by atoms with Gasteiger partial charge >= 0.3 is 12.1 Å². The molecular formula is C46H62N8O11S. The number of benzene rings is 3. The Morgan fingerprint density at radius 1 is 0.803 bits per heavy atom. The normalized spacial score (nSPS) is 15.9. The number of hydrogen-bond donors (Lipinski definition) is 6. The Hall–Kier alpha value is -6.54. The van der Waals surface area contributed by atoms with Crippen LogP contribution in [0.5, 0.6) is 0 Å². The van der Waals surface area contributed by atoms with Crippen molar-refractivity contribution < 1.29 is 51.4 Å². The maximum absolute atomic E-state index is 14.0. The van der Waals surface area contributed by atoms with E-state index in [9.17, 15) is 37.2 Å². The van der Waals surface area contributed by atoms with E-state index in [4.69, 9.17) is 19.9 Å². The van der Waals surface area contributed by atoms with E-state index >= 15 is 0 Å². The Kier molecular flexibility index (Phi) is 19.5. The number of carbonyl (C=O) groups is 6. The number of likely N-dealkylation sites (tertiary alicyclic amines) is 1. The van der Waals surface area contributed by atoms with Crippen LogP contribution in [0.25, 0.3) is 0 Å². The first kappa shape index (κ1) is 52.1. The third kappa shape index (κ3) is 17.1. The van der Waals surface area contributed by atoms with Gasteiger partial charge in [0, 0.05) is 13.1 Å². The summed E-state index contributed by atoms with van der Waals surface area (Å²) in [5.41, 5.74) is 7.49. The number of nitrogens with one attached hydrogen (secondary N) is 5. The molecule has 1 aliphatic rings. The first-order valence-corrected chi connectivity index (χ1v) is 23.1. The molecule has 20 heteroatoms. The fourth-order valence-electron chi connectivity index (χ4n) is 6.61. The third-order valence-corrected chi connectivity index (χ3v) is 11.4. The number of aliphatic imine (C=N–C) groups is 1. The highest BCUT2D eigenvalue weighted by Crippen LogP contribution is 2.20. The van der Waals surface area contributed by atoms with Crippen molar-refractivity contribution in [3.05, 3.63) is 102 Å². The number of hydrogen-bond acceptors (Lipinski definition) is 12. The van der Waals surface area contributed by atoms with Gasteiger partial charge in [0.1, 0.15) is 42.4 Å². The molecule has 3 aromatic carbocycles. The van der Waals surface area contributed by atoms with Gasteiger partial charge in [-0.2, -0.15) is 0 Å². The molecule has 1 saturated heterocycles. The van der Waals surface area contributed by atoms with Gasteiger partial charge in [-0.25, -0.2) is 22.7 Å². The summed E-state index contributed by atoms with van der Waals surface area (Å²) in [6.07, 6.45) is -0.0437. The maximum Gasteiger partial charge on any atom is 0.408 e. The number of aryl methyl sites for hydroxylation is 1. The lowest BCUT2D eigenvalue weighted by atomic mass is 10.1. The largest absolute Gasteiger partial charge is 0.459 e. The summed E-state index contributed by atoms with van der Waals surface area (Å²) in [6.45, 7) is 9.73. The number of alkyl carbamates (subject to hydrolysis) is 1. The fraction of sp³-hybridized carbons (Fsp3) is 0.457. The summed E-state index contributed by atoms with van der Waals surface area (Å²) in [7, 11) is -4.02. The van der Waals surface area contributed by atoms with E-state index in [-0.39, 0.29) is 57.1 Å². The highest BCUT2D eigenvalue weighted by atomic mass is 32.2. The molecule has 1 fully saturated rings. The van der Waals surface area contributed by atoms with Crippen molar-refractivity contribution in [1.29, 1.82) is 0 Å². The van der Waals surface area contributed by atoms with Crippen LogP contribution in [0.3, 0.4) is 0 Å². The summed E-state index contributed by atoms with van der Waals surface area (Å²) in [4.78, 5) is 86.1. The molecular weight excluding hydrogens is 873 g/mol. The van der Waals surface area contributed by atoms with Crippen LogP contribution in [0.2, 0.25) is 0 Å². The van der Waals surface area contributed by atoms with Gasteiger partial charge in [-0.05, 0) is 90.5 Å². The Morgan fingerprint density at radius 2 is 1.42 bits per heavy atom. The lowest BCUT2D eigenvalue weighted by molar-refractivity contribution is -0.148. The average molecular weight is 935 g/mol. The molecule has 4 rings (SSSR count). The molecule has 0 unspecified atom stereocenters. The second-order valence-corrected chi connectivity index (χ2v) is 18.5. The molecule has 19 nitrogen and oxygen atoms in total. The molecule has 0 aromatic heterocycles. The minimum Gasteiger partial charge on any atom is -0.459 e. The topological polar surface area (TPSA) is 266 Å². The van der Waals surface area contributed by atoms with Gasteiger partial charge in [0.25, 0.3) is 10.0 Å². The van der Waals surface area contributed by atoms with Crippen molar-refractivity contribution in [2.45, 2.75) is 121 Å². The van der Waals surface area contributed by atoms with Gasteiger partial charge in [0.2, 0.25) is 29.6 Å². The standard InChI is InChI=1S/C46H62N8O11S/c1-30-21-23-35(24-22-30)66(61,62)53-44(47)48-25-13-19-36(40(56)50-32(3)43(59)64-28-34-17-11-8-12-18-34)51-39(55)31(2)49-41(57)38-20-14-26-54(38)42(58)37(52-45(60)65-46(4,5)6)29-63-27-33-15-9-7-10-16-33/h7-12,15-18,21-24,31-32,36-38H,13-14,19-20,25-29H2,1-6H3,(H,49,57)(H,50,56)(H,51,55)(H,52,60)(H3,47,48,53)/t31-,32-,36+,37-,38+/m1/s1. The average Bonchev–Trinajstić information content (AvgIpc) is 3.76. The Labute approximate surface area is 386 Å². The van der Waals surface area contributed by atoms with Gasteiger partial charge in [0.05, 0.1) is 18.1 Å². The van der Waals surface area contributed by atoms with E-state index < -0.39 is 87.5 Å². The van der Waals surface area contributed by atoms with E-state index in [0.717, 1.165) is 16.7 Å². The van der Waals surface area contributed by atoms with Crippen molar-refractivity contribution in [2.75, 3.05) is 19.7 Å². The zero-order chi connectivity index (χ0) is 48.4. The van der Waals surface area contributed by atoms with Gasteiger partial charge in [-0.3, -0.25) is 24.2 Å². The Morgan fingerprint density at radius 3 is 2.05 bits per heavy atom. The number of nitrogens with two attached hydrogens (primary N) is 1. The Bertz CT molecular complexity index is 2260. The monoisotopic (exact) mass is 934 g/mol. The van der Waals surface area contributed by atoms with E-state index in [1.165, 1.54) is 30.9 Å². The highest BCUT2D eigenvalue weighted by molar-refractivity contribution is 7.90. The van der Waals surface area contributed by atoms with Crippen LogP contribution in [-0.2, 0) is 61.4 Å². The van der Waals surface area contributed by atoms with Gasteiger partial charge in [0.15, 0.2) is 0 Å². The van der Waals surface area contributed by atoms with Crippen LogP contribution in [-0.4, -0.2) is 110 Å². The first-order valence-electron chi connectivity index (χ1n) is 21.6. The van der Waals surface area contributed by atoms with Gasteiger partial charge in [-0.1, -0.05) is 78.4 Å². The minimum atomic E-state index is -4.02. The highest BCUT2D eigenvalue weighted by Gasteiger charge is 2.39. The molecule has 0 bridgehead atoms. The van der Waals surface area contributed by atoms with Crippen molar-refractivity contribution in [2.24, 2.45) is 10.7 Å². The molecule has 3 aromatic rings. The van der Waals surface area contributed by atoms with E-state index in [1.54, 1.807) is 57.2 Å². The molecule has 5 amide bonds. The van der Waals surface area contributed by atoms with Gasteiger partial charge < -0.3 is 46.1 Å². The van der Waals surface area contributed by atoms with Crippen LogP contribution >= 0.6 is 0 Å². The number of esters is 1. The summed E-state index contributed by atoms with van der Waals surface area (Å²) in [5.74, 6) is -3.84. The predicted octanol–water partition coefficient (Wildman–Crippen LogP) is 2.71. The molecule has 0 spiro atoms. The molecule has 1 heterocycles. The second kappa shape index (κ2) is 24.7. The van der Waals surface area contributed by atoms with Crippen LogP contribution < -0.4 is 31.7 Å². The number of sulfonamides is 1.